The maximum Gasteiger partial charge on any atom is 0.260 e. The van der Waals surface area contributed by atoms with E-state index in [1.165, 1.54) is 0 Å². The minimum absolute atomic E-state index is 0.135. The van der Waals surface area contributed by atoms with Gasteiger partial charge in [-0.15, -0.1) is 0 Å². The Morgan fingerprint density at radius 3 is 2.78 bits per heavy atom. The number of carbonyl (C=O) groups is 1. The highest BCUT2D eigenvalue weighted by molar-refractivity contribution is 5.85. The molecule has 1 aromatic heterocycles. The van der Waals surface area contributed by atoms with Crippen LogP contribution in [0.3, 0.4) is 0 Å². The molecule has 9 heteroatoms. The highest BCUT2D eigenvalue weighted by atomic mass is 19.3. The number of aliphatic hydroxyl groups excluding tert-OH is 1. The van der Waals surface area contributed by atoms with Crippen molar-refractivity contribution in [2.24, 2.45) is 10.9 Å². The standard InChI is InChI=1S/C23H23F2N5O2/c1-3-19(31)17-6-12(2)15(11-27-17)14-7-13-10-28-20(29-22(32)16-9-23(16,24)25)8-18(13)30-5-4-26-21(14)30/h6-8,10-11,16,19,26,31H,3-5,9H2,1-2H3/t16?,19-/m0/s1. The van der Waals surface area contributed by atoms with Crippen molar-refractivity contribution in [1.82, 2.24) is 14.5 Å². The number of fused-ring (bicyclic) bond motifs is 3. The van der Waals surface area contributed by atoms with Gasteiger partial charge >= 0.3 is 0 Å². The molecule has 0 spiro atoms. The molecule has 32 heavy (non-hydrogen) atoms. The monoisotopic (exact) mass is 439 g/mol. The van der Waals surface area contributed by atoms with Crippen LogP contribution in [0.5, 0.6) is 0 Å². The third-order valence-electron chi connectivity index (χ3n) is 6.14. The van der Waals surface area contributed by atoms with Gasteiger partial charge in [0, 0.05) is 54.7 Å². The van der Waals surface area contributed by atoms with Crippen LogP contribution in [-0.2, 0) is 11.3 Å². The summed E-state index contributed by atoms with van der Waals surface area (Å²) in [5, 5.41) is 13.5. The number of rotatable bonds is 4. The first-order valence-electron chi connectivity index (χ1n) is 10.7. The number of pyridine rings is 3. The molecule has 0 saturated heterocycles. The van der Waals surface area contributed by atoms with Crippen molar-refractivity contribution in [3.05, 3.63) is 47.3 Å². The highest BCUT2D eigenvalue weighted by Gasteiger charge is 2.61. The number of aryl methyl sites for hydroxylation is 1. The molecule has 166 valence electrons. The zero-order valence-corrected chi connectivity index (χ0v) is 17.8. The van der Waals surface area contributed by atoms with Gasteiger partial charge < -0.3 is 15.0 Å². The summed E-state index contributed by atoms with van der Waals surface area (Å²) in [6.07, 6.45) is 2.94. The van der Waals surface area contributed by atoms with E-state index in [4.69, 9.17) is 0 Å². The number of hydrogen-bond acceptors (Lipinski definition) is 5. The number of anilines is 1. The number of alkyl halides is 2. The van der Waals surface area contributed by atoms with Crippen LogP contribution in [0.2, 0.25) is 0 Å². The number of carbonyl (C=O) groups excluding carboxylic acids is 1. The molecule has 4 heterocycles. The number of amides is 1. The molecule has 0 aromatic carbocycles. The van der Waals surface area contributed by atoms with Crippen molar-refractivity contribution in [3.63, 3.8) is 0 Å². The van der Waals surface area contributed by atoms with Crippen LogP contribution in [0.1, 0.15) is 37.1 Å². The molecule has 1 fully saturated rings. The van der Waals surface area contributed by atoms with Crippen molar-refractivity contribution in [2.75, 3.05) is 11.9 Å². The van der Waals surface area contributed by atoms with Crippen molar-refractivity contribution >= 4 is 11.7 Å². The lowest BCUT2D eigenvalue weighted by Gasteiger charge is -2.19. The smallest absolute Gasteiger partial charge is 0.260 e. The summed E-state index contributed by atoms with van der Waals surface area (Å²) in [5.41, 5.74) is 5.33. The summed E-state index contributed by atoms with van der Waals surface area (Å²) < 4.78 is 28.4. The largest absolute Gasteiger partial charge is 0.387 e. The van der Waals surface area contributed by atoms with Gasteiger partial charge in [-0.25, -0.2) is 13.8 Å². The van der Waals surface area contributed by atoms with Crippen LogP contribution in [0.25, 0.3) is 22.4 Å². The lowest BCUT2D eigenvalue weighted by molar-refractivity contribution is -0.121. The van der Waals surface area contributed by atoms with E-state index in [2.05, 4.69) is 24.8 Å². The number of aromatic nitrogens is 3. The Labute approximate surface area is 183 Å². The Morgan fingerprint density at radius 1 is 1.31 bits per heavy atom. The first-order valence-corrected chi connectivity index (χ1v) is 10.7. The van der Waals surface area contributed by atoms with Gasteiger partial charge in [-0.1, -0.05) is 6.92 Å². The molecular formula is C23H23F2N5O2. The maximum absolute atomic E-state index is 13.2. The Kier molecular flexibility index (Phi) is 4.81. The molecule has 1 aromatic rings. The van der Waals surface area contributed by atoms with Crippen molar-refractivity contribution < 1.29 is 18.7 Å². The van der Waals surface area contributed by atoms with E-state index in [-0.39, 0.29) is 5.49 Å². The van der Waals surface area contributed by atoms with Crippen LogP contribution in [0.4, 0.5) is 14.6 Å². The van der Waals surface area contributed by atoms with Crippen LogP contribution < -0.4 is 10.8 Å². The molecule has 0 radical (unpaired) electrons. The second-order valence-electron chi connectivity index (χ2n) is 8.40. The summed E-state index contributed by atoms with van der Waals surface area (Å²) in [6, 6.07) is 5.56. The Morgan fingerprint density at radius 2 is 2.09 bits per heavy atom. The van der Waals surface area contributed by atoms with Crippen LogP contribution in [-0.4, -0.2) is 38.0 Å². The van der Waals surface area contributed by atoms with Crippen molar-refractivity contribution in [1.29, 1.82) is 0 Å². The highest BCUT2D eigenvalue weighted by Crippen LogP contribution is 2.49. The molecule has 1 saturated carbocycles. The van der Waals surface area contributed by atoms with Gasteiger partial charge in [0.15, 0.2) is 5.49 Å². The number of aliphatic hydroxyl groups is 1. The van der Waals surface area contributed by atoms with E-state index in [1.807, 2.05) is 26.0 Å². The van der Waals surface area contributed by atoms with E-state index < -0.39 is 30.3 Å². The van der Waals surface area contributed by atoms with Gasteiger partial charge in [0.1, 0.15) is 11.7 Å². The third-order valence-corrected chi connectivity index (χ3v) is 6.14. The number of nitrogens with one attached hydrogen (secondary N) is 1. The zero-order valence-electron chi connectivity index (χ0n) is 17.8. The molecule has 4 aliphatic rings. The lowest BCUT2D eigenvalue weighted by Crippen LogP contribution is -2.16. The second kappa shape index (κ2) is 7.44. The first kappa shape index (κ1) is 20.7. The first-order chi connectivity index (χ1) is 15.3. The Bertz CT molecular complexity index is 1270. The molecular weight excluding hydrogens is 416 g/mol. The van der Waals surface area contributed by atoms with Gasteiger partial charge in [0.25, 0.3) is 11.8 Å². The normalized spacial score (nSPS) is 20.2. The van der Waals surface area contributed by atoms with Gasteiger partial charge in [-0.2, -0.15) is 4.99 Å². The molecule has 2 atom stereocenters. The topological polar surface area (TPSA) is 92.4 Å². The summed E-state index contributed by atoms with van der Waals surface area (Å²) in [6.45, 7) is 5.33. The fourth-order valence-electron chi connectivity index (χ4n) is 4.18. The predicted octanol–water partition coefficient (Wildman–Crippen LogP) is 3.31. The lowest BCUT2D eigenvalue weighted by atomic mass is 9.98. The molecule has 7 nitrogen and oxygen atoms in total. The summed E-state index contributed by atoms with van der Waals surface area (Å²) >= 11 is 0. The van der Waals surface area contributed by atoms with E-state index in [1.54, 1.807) is 18.5 Å². The maximum atomic E-state index is 13.2. The second-order valence-corrected chi connectivity index (χ2v) is 8.40. The van der Waals surface area contributed by atoms with Gasteiger partial charge in [0.05, 0.1) is 17.5 Å². The summed E-state index contributed by atoms with van der Waals surface area (Å²) in [4.78, 5) is 24.5. The Hall–Kier alpha value is -3.20. The molecule has 3 aliphatic heterocycles. The van der Waals surface area contributed by atoms with E-state index in [9.17, 15) is 18.7 Å². The van der Waals surface area contributed by atoms with Crippen LogP contribution in [0, 0.1) is 12.8 Å². The zero-order chi connectivity index (χ0) is 22.6. The van der Waals surface area contributed by atoms with Crippen LogP contribution in [0.15, 0.2) is 35.6 Å². The fourth-order valence-corrected chi connectivity index (χ4v) is 4.18. The number of halogens is 2. The molecule has 1 unspecified atom stereocenters. The average molecular weight is 439 g/mol. The van der Waals surface area contributed by atoms with Gasteiger partial charge in [-0.05, 0) is 31.0 Å². The van der Waals surface area contributed by atoms with Gasteiger partial charge in [0.2, 0.25) is 0 Å². The summed E-state index contributed by atoms with van der Waals surface area (Å²) in [5.74, 6) is -4.19. The van der Waals surface area contributed by atoms with E-state index >= 15 is 0 Å². The van der Waals surface area contributed by atoms with Crippen molar-refractivity contribution in [2.45, 2.75) is 45.3 Å². The van der Waals surface area contributed by atoms with E-state index in [0.717, 1.165) is 40.3 Å². The minimum Gasteiger partial charge on any atom is -0.387 e. The quantitative estimate of drug-likeness (QED) is 0.651. The summed E-state index contributed by atoms with van der Waals surface area (Å²) in [7, 11) is 0. The van der Waals surface area contributed by atoms with Crippen LogP contribution >= 0.6 is 0 Å². The van der Waals surface area contributed by atoms with Gasteiger partial charge in [-0.3, -0.25) is 9.78 Å². The van der Waals surface area contributed by atoms with E-state index in [0.29, 0.717) is 18.7 Å². The molecule has 1 amide bonds. The molecule has 1 aliphatic carbocycles. The molecule has 0 bridgehead atoms. The average Bonchev–Trinajstić information content (AvgIpc) is 3.18. The molecule has 5 rings (SSSR count). The minimum atomic E-state index is -2.94. The third kappa shape index (κ3) is 3.46. The number of hydrogen-bond donors (Lipinski definition) is 2. The SMILES string of the molecule is CC[C@H](O)c1cc(C)c(-c2cc3cnc(=NC(=O)C4CC4(F)F)cc-3n3c2NCC3)cn1. The Balaban J connectivity index is 1.59. The fraction of sp³-hybridized carbons (Fsp3) is 0.391. The molecule has 2 N–H and O–H groups in total. The number of nitrogens with zero attached hydrogens (tertiary/aromatic N) is 4. The predicted molar refractivity (Wildman–Crippen MR) is 114 cm³/mol. The van der Waals surface area contributed by atoms with Crippen molar-refractivity contribution in [3.8, 4) is 22.4 Å².